The fourth-order valence-electron chi connectivity index (χ4n) is 8.13. The second-order valence-electron chi connectivity index (χ2n) is 10.8. The van der Waals surface area contributed by atoms with Crippen molar-refractivity contribution in [3.8, 4) is 0 Å². The van der Waals surface area contributed by atoms with E-state index in [1.54, 1.807) is 17.5 Å². The van der Waals surface area contributed by atoms with Crippen molar-refractivity contribution in [2.75, 3.05) is 0 Å². The topological polar surface area (TPSA) is 46.0 Å². The summed E-state index contributed by atoms with van der Waals surface area (Å²) in [5.41, 5.74) is 6.44. The summed E-state index contributed by atoms with van der Waals surface area (Å²) in [5.74, 6) is 2.87. The standard InChI is InChI=1S/C26H36N2O/c1-5-17-11-19-12-20(29)6-8-25(19,3)21-7-9-26(4)22(23(17)21)10-16(2)24(26)18-13-27-15-28-14-18/h11,13-15,17,20-23,29H,5-10,12H2,1-4H3/t17-,20-,21-,22-,23+,25-,26-/m0/s1. The normalized spacial score (nSPS) is 44.0. The lowest BCUT2D eigenvalue weighted by molar-refractivity contribution is -0.0467. The van der Waals surface area contributed by atoms with Crippen molar-refractivity contribution in [3.63, 3.8) is 0 Å². The molecule has 0 bridgehead atoms. The fraction of sp³-hybridized carbons (Fsp3) is 0.692. The molecule has 156 valence electrons. The van der Waals surface area contributed by atoms with E-state index in [2.05, 4.69) is 43.7 Å². The molecule has 5 rings (SSSR count). The molecular weight excluding hydrogens is 356 g/mol. The molecule has 0 radical (unpaired) electrons. The van der Waals surface area contributed by atoms with Gasteiger partial charge < -0.3 is 5.11 Å². The van der Waals surface area contributed by atoms with Gasteiger partial charge >= 0.3 is 0 Å². The minimum Gasteiger partial charge on any atom is -0.393 e. The number of fused-ring (bicyclic) bond motifs is 5. The molecule has 4 aliphatic rings. The number of rotatable bonds is 2. The highest BCUT2D eigenvalue weighted by molar-refractivity contribution is 5.75. The number of allylic oxidation sites excluding steroid dienone is 3. The van der Waals surface area contributed by atoms with Crippen molar-refractivity contribution in [1.82, 2.24) is 9.97 Å². The fourth-order valence-corrected chi connectivity index (χ4v) is 8.13. The molecule has 0 aromatic carbocycles. The van der Waals surface area contributed by atoms with Crippen LogP contribution < -0.4 is 0 Å². The average Bonchev–Trinajstić information content (AvgIpc) is 2.98. The van der Waals surface area contributed by atoms with Crippen LogP contribution in [0.25, 0.3) is 5.57 Å². The quantitative estimate of drug-likeness (QED) is 0.645. The van der Waals surface area contributed by atoms with E-state index in [0.29, 0.717) is 17.3 Å². The van der Waals surface area contributed by atoms with E-state index in [0.717, 1.165) is 31.1 Å². The molecule has 0 spiro atoms. The van der Waals surface area contributed by atoms with Crippen LogP contribution in [0.3, 0.4) is 0 Å². The van der Waals surface area contributed by atoms with Gasteiger partial charge in [-0.05, 0) is 91.9 Å². The molecule has 29 heavy (non-hydrogen) atoms. The van der Waals surface area contributed by atoms with Gasteiger partial charge in [-0.25, -0.2) is 9.97 Å². The van der Waals surface area contributed by atoms with Crippen LogP contribution >= 0.6 is 0 Å². The predicted octanol–water partition coefficient (Wildman–Crippen LogP) is 5.82. The van der Waals surface area contributed by atoms with Crippen LogP contribution in [0.4, 0.5) is 0 Å². The Morgan fingerprint density at radius 3 is 2.48 bits per heavy atom. The molecule has 1 aromatic rings. The number of hydrogen-bond acceptors (Lipinski definition) is 3. The molecule has 3 nitrogen and oxygen atoms in total. The van der Waals surface area contributed by atoms with Crippen LogP contribution in [0.5, 0.6) is 0 Å². The van der Waals surface area contributed by atoms with E-state index >= 15 is 0 Å². The zero-order chi connectivity index (χ0) is 20.4. The lowest BCUT2D eigenvalue weighted by Crippen LogP contribution is -2.52. The summed E-state index contributed by atoms with van der Waals surface area (Å²) >= 11 is 0. The molecule has 3 heteroatoms. The van der Waals surface area contributed by atoms with E-state index in [1.165, 1.54) is 36.8 Å². The van der Waals surface area contributed by atoms with Crippen molar-refractivity contribution in [1.29, 1.82) is 0 Å². The summed E-state index contributed by atoms with van der Waals surface area (Å²) in [6.45, 7) is 9.78. The first-order chi connectivity index (χ1) is 13.9. The van der Waals surface area contributed by atoms with Crippen LogP contribution in [-0.4, -0.2) is 21.2 Å². The van der Waals surface area contributed by atoms with E-state index in [-0.39, 0.29) is 11.5 Å². The second-order valence-corrected chi connectivity index (χ2v) is 10.8. The number of aromatic nitrogens is 2. The third kappa shape index (κ3) is 2.72. The first kappa shape index (κ1) is 19.5. The van der Waals surface area contributed by atoms with Crippen molar-refractivity contribution in [3.05, 3.63) is 41.5 Å². The smallest absolute Gasteiger partial charge is 0.115 e. The van der Waals surface area contributed by atoms with Crippen molar-refractivity contribution >= 4 is 5.57 Å². The highest BCUT2D eigenvalue weighted by atomic mass is 16.3. The van der Waals surface area contributed by atoms with Gasteiger partial charge in [0.2, 0.25) is 0 Å². The summed E-state index contributed by atoms with van der Waals surface area (Å²) in [5, 5.41) is 10.3. The minimum absolute atomic E-state index is 0.127. The average molecular weight is 393 g/mol. The molecule has 4 aliphatic carbocycles. The van der Waals surface area contributed by atoms with Crippen LogP contribution in [0.2, 0.25) is 0 Å². The molecule has 0 saturated heterocycles. The maximum atomic E-state index is 10.3. The van der Waals surface area contributed by atoms with E-state index in [4.69, 9.17) is 0 Å². The Morgan fingerprint density at radius 2 is 1.76 bits per heavy atom. The summed E-state index contributed by atoms with van der Waals surface area (Å²) in [4.78, 5) is 8.68. The maximum absolute atomic E-state index is 10.3. The van der Waals surface area contributed by atoms with Crippen molar-refractivity contribution in [2.45, 2.75) is 78.7 Å². The third-order valence-electron chi connectivity index (χ3n) is 9.48. The van der Waals surface area contributed by atoms with Crippen LogP contribution in [0.1, 0.15) is 78.2 Å². The van der Waals surface area contributed by atoms with Crippen LogP contribution in [-0.2, 0) is 0 Å². The Labute approximate surface area is 175 Å². The largest absolute Gasteiger partial charge is 0.393 e. The van der Waals surface area contributed by atoms with E-state index in [1.807, 2.05) is 12.4 Å². The Hall–Kier alpha value is -1.48. The lowest BCUT2D eigenvalue weighted by atomic mass is 9.45. The van der Waals surface area contributed by atoms with Crippen LogP contribution in [0, 0.1) is 34.5 Å². The molecule has 1 aromatic heterocycles. The van der Waals surface area contributed by atoms with Crippen molar-refractivity contribution in [2.24, 2.45) is 34.5 Å². The Balaban J connectivity index is 1.57. The number of aliphatic hydroxyl groups is 1. The molecule has 2 fully saturated rings. The summed E-state index contributed by atoms with van der Waals surface area (Å²) < 4.78 is 0. The first-order valence-electron chi connectivity index (χ1n) is 11.7. The summed E-state index contributed by atoms with van der Waals surface area (Å²) in [6.07, 6.45) is 16.2. The maximum Gasteiger partial charge on any atom is 0.115 e. The van der Waals surface area contributed by atoms with E-state index < -0.39 is 0 Å². The second kappa shape index (κ2) is 6.77. The summed E-state index contributed by atoms with van der Waals surface area (Å²) in [7, 11) is 0. The molecule has 1 N–H and O–H groups in total. The van der Waals surface area contributed by atoms with Gasteiger partial charge in [-0.1, -0.05) is 38.0 Å². The third-order valence-corrected chi connectivity index (χ3v) is 9.48. The van der Waals surface area contributed by atoms with Gasteiger partial charge in [-0.3, -0.25) is 0 Å². The highest BCUT2D eigenvalue weighted by Crippen LogP contribution is 2.68. The minimum atomic E-state index is -0.127. The predicted molar refractivity (Wildman–Crippen MR) is 117 cm³/mol. The zero-order valence-corrected chi connectivity index (χ0v) is 18.5. The summed E-state index contributed by atoms with van der Waals surface area (Å²) in [6, 6.07) is 0. The van der Waals surface area contributed by atoms with Crippen molar-refractivity contribution < 1.29 is 5.11 Å². The number of hydrogen-bond donors (Lipinski definition) is 1. The molecule has 0 aliphatic heterocycles. The van der Waals surface area contributed by atoms with Crippen LogP contribution in [0.15, 0.2) is 35.9 Å². The SMILES string of the molecule is CC[C@H]1C=C2C[C@@H](O)CC[C@]2(C)[C@H]2CC[C@]3(C)C(c4cncnc4)=C(C)C[C@H]3[C@H]12. The van der Waals surface area contributed by atoms with Gasteiger partial charge in [-0.2, -0.15) is 0 Å². The van der Waals surface area contributed by atoms with Gasteiger partial charge in [0.15, 0.2) is 0 Å². The highest BCUT2D eigenvalue weighted by Gasteiger charge is 2.59. The molecule has 7 atom stereocenters. The first-order valence-corrected chi connectivity index (χ1v) is 11.7. The Bertz CT molecular complexity index is 859. The Kier molecular flexibility index (Phi) is 4.55. The van der Waals surface area contributed by atoms with Gasteiger partial charge in [0.1, 0.15) is 6.33 Å². The molecule has 1 heterocycles. The number of aliphatic hydroxyl groups excluding tert-OH is 1. The van der Waals surface area contributed by atoms with Gasteiger partial charge in [0, 0.05) is 18.0 Å². The number of nitrogens with zero attached hydrogens (tertiary/aromatic N) is 2. The van der Waals surface area contributed by atoms with Gasteiger partial charge in [-0.15, -0.1) is 0 Å². The lowest BCUT2D eigenvalue weighted by Gasteiger charge is -2.60. The molecule has 0 amide bonds. The van der Waals surface area contributed by atoms with E-state index in [9.17, 15) is 5.11 Å². The molecular formula is C26H36N2O. The van der Waals surface area contributed by atoms with Gasteiger partial charge in [0.05, 0.1) is 6.10 Å². The molecule has 2 saturated carbocycles. The zero-order valence-electron chi connectivity index (χ0n) is 18.5. The molecule has 0 unspecified atom stereocenters. The monoisotopic (exact) mass is 392 g/mol. The Morgan fingerprint density at radius 1 is 1.03 bits per heavy atom. The van der Waals surface area contributed by atoms with Gasteiger partial charge in [0.25, 0.3) is 0 Å².